The van der Waals surface area contributed by atoms with E-state index in [0.29, 0.717) is 19.1 Å². The summed E-state index contributed by atoms with van der Waals surface area (Å²) in [6.07, 6.45) is 12.6. The van der Waals surface area contributed by atoms with Crippen LogP contribution in [0.5, 0.6) is 0 Å². The summed E-state index contributed by atoms with van der Waals surface area (Å²) in [6, 6.07) is 4.33. The highest BCUT2D eigenvalue weighted by molar-refractivity contribution is 5.78. The molecule has 1 aromatic rings. The zero-order valence-electron chi connectivity index (χ0n) is 15.1. The van der Waals surface area contributed by atoms with E-state index in [-0.39, 0.29) is 17.9 Å². The number of likely N-dealkylation sites (tertiary alicyclic amines) is 1. The van der Waals surface area contributed by atoms with E-state index in [1.807, 2.05) is 12.1 Å². The first-order valence-electron chi connectivity index (χ1n) is 9.79. The van der Waals surface area contributed by atoms with E-state index in [1.165, 1.54) is 37.7 Å². The van der Waals surface area contributed by atoms with E-state index in [9.17, 15) is 9.90 Å². The smallest absolute Gasteiger partial charge is 0.234 e. The second kappa shape index (κ2) is 9.30. The average molecular weight is 345 g/mol. The van der Waals surface area contributed by atoms with Crippen LogP contribution in [0.25, 0.3) is 0 Å². The van der Waals surface area contributed by atoms with Crippen LogP contribution in [-0.4, -0.2) is 52.7 Å². The summed E-state index contributed by atoms with van der Waals surface area (Å²) < 4.78 is 0. The van der Waals surface area contributed by atoms with Crippen molar-refractivity contribution in [3.05, 3.63) is 30.1 Å². The zero-order chi connectivity index (χ0) is 17.5. The number of aromatic nitrogens is 1. The predicted octanol–water partition coefficient (Wildman–Crippen LogP) is 2.15. The van der Waals surface area contributed by atoms with Gasteiger partial charge in [-0.2, -0.15) is 0 Å². The molecule has 2 fully saturated rings. The molecule has 1 saturated heterocycles. The van der Waals surface area contributed by atoms with Crippen molar-refractivity contribution in [2.24, 2.45) is 5.92 Å². The Morgan fingerprint density at radius 2 is 1.80 bits per heavy atom. The quantitative estimate of drug-likeness (QED) is 0.858. The Morgan fingerprint density at radius 1 is 1.12 bits per heavy atom. The maximum absolute atomic E-state index is 12.4. The fraction of sp³-hybridized carbons (Fsp3) is 0.700. The average Bonchev–Trinajstić information content (AvgIpc) is 2.90. The van der Waals surface area contributed by atoms with Crippen molar-refractivity contribution < 1.29 is 9.90 Å². The van der Waals surface area contributed by atoms with Gasteiger partial charge in [0, 0.05) is 37.4 Å². The van der Waals surface area contributed by atoms with Crippen LogP contribution in [0.15, 0.2) is 24.5 Å². The lowest BCUT2D eigenvalue weighted by atomic mass is 9.97. The fourth-order valence-corrected chi connectivity index (χ4v) is 4.17. The summed E-state index contributed by atoms with van der Waals surface area (Å²) in [5.74, 6) is 0.305. The fourth-order valence-electron chi connectivity index (χ4n) is 4.17. The second-order valence-corrected chi connectivity index (χ2v) is 7.69. The molecule has 0 radical (unpaired) electrons. The number of aliphatic hydroxyl groups excluding tert-OH is 1. The lowest BCUT2D eigenvalue weighted by Gasteiger charge is -2.23. The van der Waals surface area contributed by atoms with Crippen LogP contribution in [0, 0.1) is 5.92 Å². The number of hydrogen-bond donors (Lipinski definition) is 2. The molecule has 2 aliphatic rings. The summed E-state index contributed by atoms with van der Waals surface area (Å²) >= 11 is 0. The van der Waals surface area contributed by atoms with Gasteiger partial charge in [0.15, 0.2) is 0 Å². The molecule has 1 saturated carbocycles. The number of nitrogens with zero attached hydrogens (tertiary/aromatic N) is 2. The maximum Gasteiger partial charge on any atom is 0.234 e. The van der Waals surface area contributed by atoms with Crippen LogP contribution in [0.3, 0.4) is 0 Å². The maximum atomic E-state index is 12.4. The number of rotatable bonds is 5. The van der Waals surface area contributed by atoms with E-state index in [2.05, 4.69) is 15.2 Å². The number of amides is 1. The van der Waals surface area contributed by atoms with Crippen LogP contribution < -0.4 is 5.32 Å². The molecule has 5 nitrogen and oxygen atoms in total. The molecule has 3 rings (SSSR count). The Kier molecular flexibility index (Phi) is 6.82. The first-order valence-corrected chi connectivity index (χ1v) is 9.79. The summed E-state index contributed by atoms with van der Waals surface area (Å²) in [5.41, 5.74) is 1.19. The minimum absolute atomic E-state index is 0.113. The van der Waals surface area contributed by atoms with Gasteiger partial charge in [-0.1, -0.05) is 32.1 Å². The zero-order valence-corrected chi connectivity index (χ0v) is 15.1. The molecule has 138 valence electrons. The van der Waals surface area contributed by atoms with Gasteiger partial charge in [0.1, 0.15) is 0 Å². The monoisotopic (exact) mass is 345 g/mol. The second-order valence-electron chi connectivity index (χ2n) is 7.69. The Morgan fingerprint density at radius 3 is 2.52 bits per heavy atom. The molecule has 1 aliphatic heterocycles. The van der Waals surface area contributed by atoms with Gasteiger partial charge in [-0.15, -0.1) is 0 Å². The Hall–Kier alpha value is -1.46. The number of aliphatic hydroxyl groups is 1. The highest BCUT2D eigenvalue weighted by Crippen LogP contribution is 2.21. The number of carbonyl (C=O) groups excluding carboxylic acids is 1. The van der Waals surface area contributed by atoms with Crippen molar-refractivity contribution in [1.29, 1.82) is 0 Å². The van der Waals surface area contributed by atoms with Crippen molar-refractivity contribution in [1.82, 2.24) is 15.2 Å². The van der Waals surface area contributed by atoms with Gasteiger partial charge >= 0.3 is 0 Å². The standard InChI is InChI=1S/C20H31N3O2/c24-19-14-23(13-17(19)12-16-8-10-21-11-9-16)15-20(25)22-18-6-4-2-1-3-5-7-18/h8-11,17-19,24H,1-7,12-15H2,(H,22,25)/t17-,19+/m1/s1. The molecule has 1 amide bonds. The molecule has 2 heterocycles. The molecule has 0 aromatic carbocycles. The summed E-state index contributed by atoms with van der Waals surface area (Å²) in [7, 11) is 0. The molecule has 2 N–H and O–H groups in total. The van der Waals surface area contributed by atoms with Gasteiger partial charge in [-0.3, -0.25) is 14.7 Å². The largest absolute Gasteiger partial charge is 0.391 e. The number of hydrogen-bond acceptors (Lipinski definition) is 4. The molecule has 0 unspecified atom stereocenters. The van der Waals surface area contributed by atoms with Gasteiger partial charge < -0.3 is 10.4 Å². The lowest BCUT2D eigenvalue weighted by molar-refractivity contribution is -0.122. The number of β-amino-alcohol motifs (C(OH)–C–C–N with tert-alkyl or cyclic N) is 1. The Labute approximate surface area is 150 Å². The topological polar surface area (TPSA) is 65.5 Å². The van der Waals surface area contributed by atoms with Crippen molar-refractivity contribution in [3.8, 4) is 0 Å². The summed E-state index contributed by atoms with van der Waals surface area (Å²) in [4.78, 5) is 18.5. The first kappa shape index (κ1) is 18.3. The molecule has 1 aromatic heterocycles. The van der Waals surface area contributed by atoms with Gasteiger partial charge in [-0.05, 0) is 37.0 Å². The van der Waals surface area contributed by atoms with Crippen LogP contribution in [-0.2, 0) is 11.2 Å². The van der Waals surface area contributed by atoms with Crippen molar-refractivity contribution in [3.63, 3.8) is 0 Å². The minimum Gasteiger partial charge on any atom is -0.391 e. The van der Waals surface area contributed by atoms with E-state index in [1.54, 1.807) is 12.4 Å². The van der Waals surface area contributed by atoms with Gasteiger partial charge in [0.25, 0.3) is 0 Å². The number of carbonyl (C=O) groups is 1. The van der Waals surface area contributed by atoms with E-state index in [0.717, 1.165) is 25.8 Å². The molecule has 2 atom stereocenters. The SMILES string of the molecule is O=C(CN1C[C@@H](Cc2ccncc2)[C@@H](O)C1)NC1CCCCCCC1. The molecular weight excluding hydrogens is 314 g/mol. The third-order valence-corrected chi connectivity index (χ3v) is 5.57. The van der Waals surface area contributed by atoms with Crippen molar-refractivity contribution in [2.75, 3.05) is 19.6 Å². The van der Waals surface area contributed by atoms with Gasteiger partial charge in [0.2, 0.25) is 5.91 Å². The van der Waals surface area contributed by atoms with Crippen molar-refractivity contribution in [2.45, 2.75) is 63.5 Å². The minimum atomic E-state index is -0.359. The molecule has 0 spiro atoms. The third-order valence-electron chi connectivity index (χ3n) is 5.57. The first-order chi connectivity index (χ1) is 12.2. The molecular formula is C20H31N3O2. The molecule has 1 aliphatic carbocycles. The van der Waals surface area contributed by atoms with Crippen LogP contribution in [0.4, 0.5) is 0 Å². The van der Waals surface area contributed by atoms with Crippen LogP contribution >= 0.6 is 0 Å². The van der Waals surface area contributed by atoms with Gasteiger partial charge in [-0.25, -0.2) is 0 Å². The third kappa shape index (κ3) is 5.79. The summed E-state index contributed by atoms with van der Waals surface area (Å²) in [5, 5.41) is 13.6. The van der Waals surface area contributed by atoms with E-state index >= 15 is 0 Å². The highest BCUT2D eigenvalue weighted by atomic mass is 16.3. The van der Waals surface area contributed by atoms with Gasteiger partial charge in [0.05, 0.1) is 12.6 Å². The normalized spacial score (nSPS) is 26.1. The Balaban J connectivity index is 1.44. The summed E-state index contributed by atoms with van der Waals surface area (Å²) in [6.45, 7) is 1.77. The highest BCUT2D eigenvalue weighted by Gasteiger charge is 2.32. The van der Waals surface area contributed by atoms with E-state index < -0.39 is 0 Å². The number of nitrogens with one attached hydrogen (secondary N) is 1. The van der Waals surface area contributed by atoms with Crippen molar-refractivity contribution >= 4 is 5.91 Å². The molecule has 5 heteroatoms. The molecule has 0 bridgehead atoms. The Bertz CT molecular complexity index is 529. The predicted molar refractivity (Wildman–Crippen MR) is 98.1 cm³/mol. The lowest BCUT2D eigenvalue weighted by Crippen LogP contribution is -2.42. The molecule has 25 heavy (non-hydrogen) atoms. The van der Waals surface area contributed by atoms with Crippen LogP contribution in [0.2, 0.25) is 0 Å². The van der Waals surface area contributed by atoms with Crippen LogP contribution in [0.1, 0.15) is 50.5 Å². The number of pyridine rings is 1. The van der Waals surface area contributed by atoms with E-state index in [4.69, 9.17) is 0 Å².